The Morgan fingerprint density at radius 2 is 2.00 bits per heavy atom. The number of rotatable bonds is 7. The van der Waals surface area contributed by atoms with Crippen molar-refractivity contribution < 1.29 is 9.59 Å². The van der Waals surface area contributed by atoms with Gasteiger partial charge in [-0.25, -0.2) is 0 Å². The molecule has 0 aromatic heterocycles. The first-order valence-electron chi connectivity index (χ1n) is 6.79. The first kappa shape index (κ1) is 15.0. The summed E-state index contributed by atoms with van der Waals surface area (Å²) in [5, 5.41) is 3.42. The molecular weight excluding hydrogens is 230 g/mol. The van der Waals surface area contributed by atoms with Crippen LogP contribution in [0.2, 0.25) is 0 Å². The molecule has 1 unspecified atom stereocenters. The van der Waals surface area contributed by atoms with Crippen LogP contribution < -0.4 is 5.32 Å². The summed E-state index contributed by atoms with van der Waals surface area (Å²) in [4.78, 5) is 26.4. The van der Waals surface area contributed by atoms with E-state index in [1.807, 2.05) is 0 Å². The second-order valence-corrected chi connectivity index (χ2v) is 5.06. The van der Waals surface area contributed by atoms with E-state index in [0.29, 0.717) is 12.6 Å². The molecule has 1 rings (SSSR count). The van der Waals surface area contributed by atoms with Crippen molar-refractivity contribution in [2.75, 3.05) is 33.2 Å². The molecule has 1 fully saturated rings. The third-order valence-electron chi connectivity index (χ3n) is 3.28. The highest BCUT2D eigenvalue weighted by Crippen LogP contribution is 2.06. The second-order valence-electron chi connectivity index (χ2n) is 5.06. The van der Waals surface area contributed by atoms with Gasteiger partial charge in [0.25, 0.3) is 0 Å². The van der Waals surface area contributed by atoms with E-state index in [2.05, 4.69) is 19.2 Å². The van der Waals surface area contributed by atoms with Crippen molar-refractivity contribution in [1.29, 1.82) is 0 Å². The minimum atomic E-state index is 0.0340. The molecule has 1 aliphatic rings. The maximum absolute atomic E-state index is 11.7. The van der Waals surface area contributed by atoms with Crippen LogP contribution in [0.4, 0.5) is 0 Å². The molecule has 0 bridgehead atoms. The lowest BCUT2D eigenvalue weighted by molar-refractivity contribution is -0.148. The molecule has 1 heterocycles. The summed E-state index contributed by atoms with van der Waals surface area (Å²) < 4.78 is 0. The van der Waals surface area contributed by atoms with Crippen molar-refractivity contribution in [2.45, 2.75) is 39.2 Å². The summed E-state index contributed by atoms with van der Waals surface area (Å²) in [5.74, 6) is 0.0954. The average Bonchev–Trinajstić information content (AvgIpc) is 2.33. The Morgan fingerprint density at radius 1 is 1.28 bits per heavy atom. The van der Waals surface area contributed by atoms with E-state index in [4.69, 9.17) is 0 Å². The van der Waals surface area contributed by atoms with Gasteiger partial charge in [-0.15, -0.1) is 0 Å². The monoisotopic (exact) mass is 255 g/mol. The predicted octanol–water partition coefficient (Wildman–Crippen LogP) is 0.455. The molecule has 0 radical (unpaired) electrons. The van der Waals surface area contributed by atoms with Crippen molar-refractivity contribution in [3.8, 4) is 0 Å². The highest BCUT2D eigenvalue weighted by Gasteiger charge is 2.26. The van der Waals surface area contributed by atoms with Gasteiger partial charge in [0.15, 0.2) is 0 Å². The van der Waals surface area contributed by atoms with E-state index in [1.165, 1.54) is 4.90 Å². The molecule has 0 aromatic carbocycles. The van der Waals surface area contributed by atoms with Crippen LogP contribution in [0.5, 0.6) is 0 Å². The summed E-state index contributed by atoms with van der Waals surface area (Å²) in [6.07, 6.45) is 3.12. The Hall–Kier alpha value is -1.10. The Balaban J connectivity index is 2.22. The van der Waals surface area contributed by atoms with E-state index >= 15 is 0 Å². The minimum Gasteiger partial charge on any atom is -0.335 e. The fourth-order valence-electron chi connectivity index (χ4n) is 2.05. The van der Waals surface area contributed by atoms with Gasteiger partial charge in [0.1, 0.15) is 0 Å². The van der Waals surface area contributed by atoms with Crippen LogP contribution in [-0.2, 0) is 9.59 Å². The highest BCUT2D eigenvalue weighted by atomic mass is 16.2. The lowest BCUT2D eigenvalue weighted by Gasteiger charge is -2.31. The third-order valence-corrected chi connectivity index (χ3v) is 3.28. The molecule has 1 N–H and O–H groups in total. The van der Waals surface area contributed by atoms with Crippen molar-refractivity contribution in [3.63, 3.8) is 0 Å². The molecule has 0 spiro atoms. The predicted molar refractivity (Wildman–Crippen MR) is 71.2 cm³/mol. The molecule has 2 amide bonds. The largest absolute Gasteiger partial charge is 0.335 e. The molecular formula is C13H25N3O2. The smallest absolute Gasteiger partial charge is 0.242 e. The van der Waals surface area contributed by atoms with Crippen molar-refractivity contribution in [2.24, 2.45) is 0 Å². The zero-order valence-corrected chi connectivity index (χ0v) is 11.7. The van der Waals surface area contributed by atoms with E-state index in [0.717, 1.165) is 25.8 Å². The number of hydrogen-bond acceptors (Lipinski definition) is 3. The Labute approximate surface area is 110 Å². The van der Waals surface area contributed by atoms with Crippen LogP contribution in [0, 0.1) is 0 Å². The summed E-state index contributed by atoms with van der Waals surface area (Å²) in [5.41, 5.74) is 0. The van der Waals surface area contributed by atoms with Crippen LogP contribution >= 0.6 is 0 Å². The van der Waals surface area contributed by atoms with Crippen molar-refractivity contribution in [1.82, 2.24) is 15.1 Å². The number of nitrogens with one attached hydrogen (secondary N) is 1. The summed E-state index contributed by atoms with van der Waals surface area (Å²) >= 11 is 0. The first-order valence-corrected chi connectivity index (χ1v) is 6.79. The molecule has 5 heteroatoms. The molecule has 1 saturated heterocycles. The number of likely N-dealkylation sites (N-methyl/N-ethyl adjacent to an activating group) is 1. The topological polar surface area (TPSA) is 52.7 Å². The molecule has 1 atom stereocenters. The number of carbonyl (C=O) groups is 2. The lowest BCUT2D eigenvalue weighted by Crippen LogP contribution is -2.52. The van der Waals surface area contributed by atoms with Crippen LogP contribution in [0.15, 0.2) is 0 Å². The lowest BCUT2D eigenvalue weighted by atomic mass is 10.1. The second kappa shape index (κ2) is 7.36. The van der Waals surface area contributed by atoms with E-state index < -0.39 is 0 Å². The van der Waals surface area contributed by atoms with E-state index in [9.17, 15) is 9.59 Å². The number of hydrogen-bond donors (Lipinski definition) is 1. The van der Waals surface area contributed by atoms with E-state index in [1.54, 1.807) is 11.9 Å². The molecule has 0 aromatic rings. The number of nitrogens with zero attached hydrogens (tertiary/aromatic N) is 2. The first-order chi connectivity index (χ1) is 8.54. The Kier molecular flexibility index (Phi) is 6.12. The van der Waals surface area contributed by atoms with Gasteiger partial charge in [-0.2, -0.15) is 0 Å². The third kappa shape index (κ3) is 4.64. The van der Waals surface area contributed by atoms with Crippen LogP contribution in [0.25, 0.3) is 0 Å². The molecule has 104 valence electrons. The highest BCUT2D eigenvalue weighted by molar-refractivity contribution is 5.92. The van der Waals surface area contributed by atoms with Gasteiger partial charge in [0, 0.05) is 19.6 Å². The zero-order valence-electron chi connectivity index (χ0n) is 11.7. The Morgan fingerprint density at radius 3 is 2.67 bits per heavy atom. The summed E-state index contributed by atoms with van der Waals surface area (Å²) in [7, 11) is 1.67. The van der Waals surface area contributed by atoms with Crippen molar-refractivity contribution >= 4 is 11.8 Å². The maximum Gasteiger partial charge on any atom is 0.242 e. The fraction of sp³-hybridized carbons (Fsp3) is 0.846. The molecule has 0 aliphatic carbocycles. The van der Waals surface area contributed by atoms with Crippen LogP contribution in [0.3, 0.4) is 0 Å². The zero-order chi connectivity index (χ0) is 13.5. The van der Waals surface area contributed by atoms with Gasteiger partial charge >= 0.3 is 0 Å². The van der Waals surface area contributed by atoms with Gasteiger partial charge in [-0.3, -0.25) is 9.59 Å². The number of amides is 2. The molecule has 0 saturated carbocycles. The minimum absolute atomic E-state index is 0.0340. The standard InChI is InChI=1S/C13H25N3O2/c1-4-7-14-11(2)6-5-8-16-10-12(17)15(3)9-13(16)18/h11,14H,4-10H2,1-3H3. The van der Waals surface area contributed by atoms with Gasteiger partial charge in [0.2, 0.25) is 11.8 Å². The summed E-state index contributed by atoms with van der Waals surface area (Å²) in [6, 6.07) is 0.475. The van der Waals surface area contributed by atoms with E-state index in [-0.39, 0.29) is 24.9 Å². The molecule has 1 aliphatic heterocycles. The number of piperazine rings is 1. The van der Waals surface area contributed by atoms with Gasteiger partial charge in [0.05, 0.1) is 13.1 Å². The van der Waals surface area contributed by atoms with Gasteiger partial charge in [-0.05, 0) is 32.7 Å². The maximum atomic E-state index is 11.7. The average molecular weight is 255 g/mol. The number of carbonyl (C=O) groups excluding carboxylic acids is 2. The van der Waals surface area contributed by atoms with Gasteiger partial charge in [-0.1, -0.05) is 6.92 Å². The molecule has 18 heavy (non-hydrogen) atoms. The van der Waals surface area contributed by atoms with Crippen molar-refractivity contribution in [3.05, 3.63) is 0 Å². The van der Waals surface area contributed by atoms with Crippen LogP contribution in [0.1, 0.15) is 33.1 Å². The fourth-order valence-corrected chi connectivity index (χ4v) is 2.05. The van der Waals surface area contributed by atoms with Gasteiger partial charge < -0.3 is 15.1 Å². The Bertz CT molecular complexity index is 294. The summed E-state index contributed by atoms with van der Waals surface area (Å²) in [6.45, 7) is 6.50. The molecule has 5 nitrogen and oxygen atoms in total. The normalized spacial score (nSPS) is 18.4. The van der Waals surface area contributed by atoms with Crippen LogP contribution in [-0.4, -0.2) is 60.9 Å². The quantitative estimate of drug-likeness (QED) is 0.719. The SMILES string of the molecule is CCCNC(C)CCCN1CC(=O)N(C)CC1=O.